The van der Waals surface area contributed by atoms with Crippen LogP contribution in [0.5, 0.6) is 0 Å². The highest BCUT2D eigenvalue weighted by Gasteiger charge is 2.45. The van der Waals surface area contributed by atoms with Crippen molar-refractivity contribution in [2.24, 2.45) is 15.9 Å². The van der Waals surface area contributed by atoms with Crippen LogP contribution in [-0.4, -0.2) is 61.9 Å². The number of aliphatic imine (C=N–C) groups is 2. The van der Waals surface area contributed by atoms with Crippen molar-refractivity contribution in [2.45, 2.75) is 69.7 Å². The van der Waals surface area contributed by atoms with Gasteiger partial charge in [-0.05, 0) is 45.0 Å². The number of amides is 1. The van der Waals surface area contributed by atoms with Gasteiger partial charge in [-0.15, -0.1) is 0 Å². The van der Waals surface area contributed by atoms with E-state index in [1.165, 1.54) is 0 Å². The van der Waals surface area contributed by atoms with Crippen LogP contribution in [0.2, 0.25) is 0 Å². The fraction of sp³-hybridized carbons (Fsp3) is 0.577. The number of piperidine rings is 1. The highest BCUT2D eigenvalue weighted by atomic mass is 19.4. The van der Waals surface area contributed by atoms with E-state index in [-0.39, 0.29) is 25.9 Å². The number of aliphatic hydroxyl groups is 1. The second-order valence-corrected chi connectivity index (χ2v) is 9.59. The molecule has 2 unspecified atom stereocenters. The highest BCUT2D eigenvalue weighted by molar-refractivity contribution is 5.93. The molecule has 0 bridgehead atoms. The first-order chi connectivity index (χ1) is 16.6. The second-order valence-electron chi connectivity index (χ2n) is 9.59. The zero-order chi connectivity index (χ0) is 25.6. The van der Waals surface area contributed by atoms with Crippen molar-refractivity contribution >= 4 is 36.3 Å². The summed E-state index contributed by atoms with van der Waals surface area (Å²) in [6.45, 7) is 5.47. The average molecular weight is 493 g/mol. The van der Waals surface area contributed by atoms with Crippen LogP contribution in [0.25, 0.3) is 6.08 Å². The van der Waals surface area contributed by atoms with Crippen LogP contribution in [0.1, 0.15) is 63.0 Å². The zero-order valence-corrected chi connectivity index (χ0v) is 20.4. The molecule has 1 saturated heterocycles. The first kappa shape index (κ1) is 26.9. The molecule has 6 nitrogen and oxygen atoms in total. The van der Waals surface area contributed by atoms with Crippen molar-refractivity contribution in [1.82, 2.24) is 5.32 Å². The smallest absolute Gasteiger partial charge is 0.389 e. The Balaban J connectivity index is 1.89. The number of nitrogens with one attached hydrogen (secondary N) is 1. The largest absolute Gasteiger partial charge is 0.393 e. The van der Waals surface area contributed by atoms with Crippen molar-refractivity contribution in [2.75, 3.05) is 25.0 Å². The number of halogens is 3. The molecule has 2 aliphatic rings. The Hall–Kier alpha value is -2.68. The van der Waals surface area contributed by atoms with Crippen LogP contribution in [0, 0.1) is 5.92 Å². The number of hydrogen-bond acceptors (Lipinski definition) is 5. The van der Waals surface area contributed by atoms with Crippen LogP contribution >= 0.6 is 0 Å². The highest BCUT2D eigenvalue weighted by Crippen LogP contribution is 2.39. The number of anilines is 1. The van der Waals surface area contributed by atoms with Crippen LogP contribution in [0.15, 0.2) is 28.2 Å². The Labute approximate surface area is 205 Å². The molecule has 3 rings (SSSR count). The monoisotopic (exact) mass is 492 g/mol. The standard InChI is InChI=1S/C26H35F3N4O2/c1-4-8-21-22(10-9-18(15-30-2)24(21)31-3)33-16-19(26(27,28)29)13-20(17-33)32-23(34)14-25(35)11-6-5-7-12-25/h4,8-10,15,19-20,35H,3,5-7,11-14,16-17H2,1-2H3,(H,32,34)/b8-4-,30-15?. The molecule has 1 aromatic carbocycles. The molecule has 2 fully saturated rings. The van der Waals surface area contributed by atoms with Crippen molar-refractivity contribution in [3.05, 3.63) is 29.3 Å². The minimum Gasteiger partial charge on any atom is -0.389 e. The fourth-order valence-corrected chi connectivity index (χ4v) is 5.24. The molecular formula is C26H35F3N4O2. The normalized spacial score (nSPS) is 23.1. The maximum Gasteiger partial charge on any atom is 0.393 e. The lowest BCUT2D eigenvalue weighted by molar-refractivity contribution is -0.178. The third kappa shape index (κ3) is 6.72. The summed E-state index contributed by atoms with van der Waals surface area (Å²) in [7, 11) is 1.63. The Kier molecular flexibility index (Phi) is 8.74. The van der Waals surface area contributed by atoms with Crippen LogP contribution in [0.4, 0.5) is 24.5 Å². The number of benzene rings is 1. The van der Waals surface area contributed by atoms with Crippen molar-refractivity contribution in [3.8, 4) is 0 Å². The summed E-state index contributed by atoms with van der Waals surface area (Å²) >= 11 is 0. The number of allylic oxidation sites excluding steroid dienone is 1. The Morgan fingerprint density at radius 3 is 2.60 bits per heavy atom. The summed E-state index contributed by atoms with van der Waals surface area (Å²) in [5, 5.41) is 13.5. The summed E-state index contributed by atoms with van der Waals surface area (Å²) in [4.78, 5) is 22.6. The number of rotatable bonds is 7. The molecule has 2 N–H and O–H groups in total. The molecule has 1 saturated carbocycles. The van der Waals surface area contributed by atoms with Gasteiger partial charge in [0.25, 0.3) is 0 Å². The average Bonchev–Trinajstić information content (AvgIpc) is 2.79. The Morgan fingerprint density at radius 2 is 2.00 bits per heavy atom. The predicted octanol–water partition coefficient (Wildman–Crippen LogP) is 5.06. The van der Waals surface area contributed by atoms with Crippen molar-refractivity contribution in [1.29, 1.82) is 0 Å². The summed E-state index contributed by atoms with van der Waals surface area (Å²) < 4.78 is 41.7. The minimum absolute atomic E-state index is 0.0837. The lowest BCUT2D eigenvalue weighted by Crippen LogP contribution is -2.54. The van der Waals surface area contributed by atoms with E-state index in [1.54, 1.807) is 42.4 Å². The number of nitrogens with zero attached hydrogens (tertiary/aromatic N) is 3. The molecule has 2 atom stereocenters. The lowest BCUT2D eigenvalue weighted by atomic mass is 9.82. The van der Waals surface area contributed by atoms with E-state index in [0.29, 0.717) is 35.3 Å². The van der Waals surface area contributed by atoms with Crippen molar-refractivity contribution < 1.29 is 23.1 Å². The van der Waals surface area contributed by atoms with Crippen molar-refractivity contribution in [3.63, 3.8) is 0 Å². The van der Waals surface area contributed by atoms with Gasteiger partial charge in [-0.1, -0.05) is 31.4 Å². The van der Waals surface area contributed by atoms with Gasteiger partial charge in [-0.25, -0.2) is 0 Å². The first-order valence-electron chi connectivity index (χ1n) is 12.1. The first-order valence-corrected chi connectivity index (χ1v) is 12.1. The quantitative estimate of drug-likeness (QED) is 0.523. The summed E-state index contributed by atoms with van der Waals surface area (Å²) in [6, 6.07) is 2.83. The summed E-state index contributed by atoms with van der Waals surface area (Å²) in [6.07, 6.45) is 4.36. The SMILES string of the molecule is C=Nc1c(C=NC)ccc(N2CC(NC(=O)CC3(O)CCCCC3)CC(C(F)(F)F)C2)c1/C=C\C. The van der Waals surface area contributed by atoms with Gasteiger partial charge in [0.05, 0.1) is 23.6 Å². The molecule has 1 aliphatic heterocycles. The van der Waals surface area contributed by atoms with Gasteiger partial charge in [0, 0.05) is 49.2 Å². The lowest BCUT2D eigenvalue weighted by Gasteiger charge is -2.41. The molecule has 1 heterocycles. The molecule has 0 aromatic heterocycles. The molecule has 0 radical (unpaired) electrons. The van der Waals surface area contributed by atoms with Gasteiger partial charge in [0.1, 0.15) is 0 Å². The van der Waals surface area contributed by atoms with E-state index in [2.05, 4.69) is 22.0 Å². The van der Waals surface area contributed by atoms with Gasteiger partial charge < -0.3 is 15.3 Å². The topological polar surface area (TPSA) is 77.3 Å². The maximum absolute atomic E-state index is 13.9. The van der Waals surface area contributed by atoms with Crippen LogP contribution in [0.3, 0.4) is 0 Å². The van der Waals surface area contributed by atoms with E-state index >= 15 is 0 Å². The third-order valence-corrected chi connectivity index (χ3v) is 6.88. The molecule has 1 amide bonds. The predicted molar refractivity (Wildman–Crippen MR) is 135 cm³/mol. The van der Waals surface area contributed by atoms with E-state index in [9.17, 15) is 23.1 Å². The number of carbonyl (C=O) groups is 1. The molecule has 9 heteroatoms. The van der Waals surface area contributed by atoms with Crippen LogP contribution < -0.4 is 10.2 Å². The fourth-order valence-electron chi connectivity index (χ4n) is 5.24. The van der Waals surface area contributed by atoms with Gasteiger partial charge in [-0.3, -0.25) is 14.8 Å². The van der Waals surface area contributed by atoms with E-state index in [4.69, 9.17) is 0 Å². The Morgan fingerprint density at radius 1 is 1.29 bits per heavy atom. The molecule has 0 spiro atoms. The van der Waals surface area contributed by atoms with Gasteiger partial charge in [-0.2, -0.15) is 13.2 Å². The molecule has 1 aromatic rings. The summed E-state index contributed by atoms with van der Waals surface area (Å²) in [5.74, 6) is -2.01. The zero-order valence-electron chi connectivity index (χ0n) is 20.4. The number of carbonyl (C=O) groups excluding carboxylic acids is 1. The Bertz CT molecular complexity index is 968. The molecular weight excluding hydrogens is 457 g/mol. The van der Waals surface area contributed by atoms with E-state index < -0.39 is 29.6 Å². The molecule has 192 valence electrons. The van der Waals surface area contributed by atoms with Crippen LogP contribution in [-0.2, 0) is 4.79 Å². The van der Waals surface area contributed by atoms with Gasteiger partial charge in [0.2, 0.25) is 5.91 Å². The molecule has 35 heavy (non-hydrogen) atoms. The van der Waals surface area contributed by atoms with E-state index in [1.807, 2.05) is 6.92 Å². The number of alkyl halides is 3. The van der Waals surface area contributed by atoms with Gasteiger partial charge >= 0.3 is 6.18 Å². The molecule has 1 aliphatic carbocycles. The second kappa shape index (κ2) is 11.4. The minimum atomic E-state index is -4.40. The van der Waals surface area contributed by atoms with Gasteiger partial charge in [0.15, 0.2) is 0 Å². The van der Waals surface area contributed by atoms with E-state index in [0.717, 1.165) is 19.3 Å². The summed E-state index contributed by atoms with van der Waals surface area (Å²) in [5.41, 5.74) is 1.44. The number of hydrogen-bond donors (Lipinski definition) is 2. The third-order valence-electron chi connectivity index (χ3n) is 6.88. The maximum atomic E-state index is 13.9.